The number of hydrogen-bond donors (Lipinski definition) is 1. The average Bonchev–Trinajstić information content (AvgIpc) is 2.59. The zero-order valence-corrected chi connectivity index (χ0v) is 13.8. The van der Waals surface area contributed by atoms with Crippen LogP contribution in [-0.4, -0.2) is 38.1 Å². The van der Waals surface area contributed by atoms with Crippen molar-refractivity contribution in [2.75, 3.05) is 32.1 Å². The van der Waals surface area contributed by atoms with E-state index in [0.29, 0.717) is 42.0 Å². The van der Waals surface area contributed by atoms with Crippen LogP contribution < -0.4 is 15.0 Å². The quantitative estimate of drug-likeness (QED) is 0.856. The summed E-state index contributed by atoms with van der Waals surface area (Å²) in [6.07, 6.45) is 4.30. The van der Waals surface area contributed by atoms with Crippen LogP contribution in [0.2, 0.25) is 0 Å². The fourth-order valence-corrected chi connectivity index (χ4v) is 2.80. The molecule has 6 heteroatoms. The molecule has 0 aliphatic carbocycles. The smallest absolute Gasteiger partial charge is 0.227 e. The summed E-state index contributed by atoms with van der Waals surface area (Å²) in [4.78, 5) is 17.4. The molecule has 1 aromatic carbocycles. The van der Waals surface area contributed by atoms with Gasteiger partial charge in [-0.3, -0.25) is 9.78 Å². The van der Waals surface area contributed by atoms with Crippen LogP contribution >= 0.6 is 0 Å². The molecule has 24 heavy (non-hydrogen) atoms. The lowest BCUT2D eigenvalue weighted by atomic mass is 9.96. The molecule has 0 atom stereocenters. The van der Waals surface area contributed by atoms with Crippen LogP contribution in [0.1, 0.15) is 12.0 Å². The Kier molecular flexibility index (Phi) is 4.76. The van der Waals surface area contributed by atoms with Crippen LogP contribution in [0.15, 0.2) is 30.6 Å². The van der Waals surface area contributed by atoms with E-state index in [2.05, 4.69) is 10.3 Å². The van der Waals surface area contributed by atoms with Crippen LogP contribution in [-0.2, 0) is 11.2 Å². The van der Waals surface area contributed by atoms with E-state index in [1.807, 2.05) is 13.1 Å². The summed E-state index contributed by atoms with van der Waals surface area (Å²) in [5.74, 6) is 0.243. The third-order valence-electron chi connectivity index (χ3n) is 4.16. The normalized spacial score (nSPS) is 13.8. The van der Waals surface area contributed by atoms with Gasteiger partial charge in [-0.15, -0.1) is 0 Å². The molecule has 0 saturated carbocycles. The molecule has 0 bridgehead atoms. The number of likely N-dealkylation sites (N-methyl/N-ethyl adjacent to an activating group) is 1. The van der Waals surface area contributed by atoms with Gasteiger partial charge in [-0.1, -0.05) is 0 Å². The lowest BCUT2D eigenvalue weighted by Gasteiger charge is -2.26. The van der Waals surface area contributed by atoms with Crippen LogP contribution in [0.3, 0.4) is 0 Å². The van der Waals surface area contributed by atoms with Crippen LogP contribution in [0.25, 0.3) is 11.1 Å². The Morgan fingerprint density at radius 3 is 2.92 bits per heavy atom. The number of carbonyl (C=O) groups excluding carboxylic acids is 1. The summed E-state index contributed by atoms with van der Waals surface area (Å²) >= 11 is 0. The number of aromatic nitrogens is 1. The minimum Gasteiger partial charge on any atom is -0.491 e. The number of fused-ring (bicyclic) bond motifs is 1. The number of ether oxygens (including phenoxy) is 1. The predicted molar refractivity (Wildman–Crippen MR) is 90.8 cm³/mol. The van der Waals surface area contributed by atoms with E-state index in [1.165, 1.54) is 11.0 Å². The highest BCUT2D eigenvalue weighted by Gasteiger charge is 2.23. The molecule has 0 saturated heterocycles. The zero-order valence-electron chi connectivity index (χ0n) is 13.8. The van der Waals surface area contributed by atoms with Crippen molar-refractivity contribution in [3.05, 3.63) is 42.0 Å². The molecule has 1 aliphatic heterocycles. The zero-order chi connectivity index (χ0) is 17.1. The van der Waals surface area contributed by atoms with E-state index in [1.54, 1.807) is 25.5 Å². The minimum atomic E-state index is -0.371. The maximum atomic E-state index is 14.6. The number of nitrogens with zero attached hydrogens (tertiary/aromatic N) is 2. The van der Waals surface area contributed by atoms with Gasteiger partial charge in [0.25, 0.3) is 0 Å². The van der Waals surface area contributed by atoms with Gasteiger partial charge in [-0.2, -0.15) is 0 Å². The number of carbonyl (C=O) groups is 1. The first-order chi connectivity index (χ1) is 11.6. The fraction of sp³-hybridized carbons (Fsp3) is 0.333. The van der Waals surface area contributed by atoms with Crippen molar-refractivity contribution in [3.8, 4) is 16.9 Å². The van der Waals surface area contributed by atoms with Gasteiger partial charge in [0.15, 0.2) is 0 Å². The summed E-state index contributed by atoms with van der Waals surface area (Å²) in [6, 6.07) is 5.02. The first-order valence-electron chi connectivity index (χ1n) is 7.92. The highest BCUT2D eigenvalue weighted by atomic mass is 19.1. The molecule has 1 amide bonds. The molecule has 1 N–H and O–H groups in total. The van der Waals surface area contributed by atoms with Crippen molar-refractivity contribution in [2.45, 2.75) is 12.8 Å². The Bertz CT molecular complexity index is 764. The Morgan fingerprint density at radius 1 is 1.29 bits per heavy atom. The van der Waals surface area contributed by atoms with E-state index in [4.69, 9.17) is 4.74 Å². The fourth-order valence-electron chi connectivity index (χ4n) is 2.80. The van der Waals surface area contributed by atoms with Crippen LogP contribution in [0, 0.1) is 5.82 Å². The Morgan fingerprint density at radius 2 is 2.12 bits per heavy atom. The molecular weight excluding hydrogens is 309 g/mol. The van der Waals surface area contributed by atoms with E-state index >= 15 is 0 Å². The number of pyridine rings is 1. The van der Waals surface area contributed by atoms with Crippen molar-refractivity contribution < 1.29 is 13.9 Å². The first-order valence-corrected chi connectivity index (χ1v) is 7.92. The standard InChI is InChI=1S/C18H20FN3O2/c1-20-5-6-24-14-7-13(10-21-11-14)15-8-12-3-4-18(23)22(2)17(12)9-16(15)19/h7-11,20H,3-6H2,1-2H3. The number of nitrogens with one attached hydrogen (secondary N) is 1. The summed E-state index contributed by atoms with van der Waals surface area (Å²) < 4.78 is 20.2. The van der Waals surface area contributed by atoms with E-state index in [0.717, 1.165) is 12.1 Å². The second-order valence-corrected chi connectivity index (χ2v) is 5.77. The number of benzene rings is 1. The number of halogens is 1. The van der Waals surface area contributed by atoms with Crippen molar-refractivity contribution in [2.24, 2.45) is 0 Å². The van der Waals surface area contributed by atoms with E-state index in [9.17, 15) is 9.18 Å². The molecule has 2 heterocycles. The highest BCUT2D eigenvalue weighted by Crippen LogP contribution is 2.34. The van der Waals surface area contributed by atoms with Crippen molar-refractivity contribution in [1.82, 2.24) is 10.3 Å². The molecular formula is C18H20FN3O2. The first kappa shape index (κ1) is 16.4. The maximum Gasteiger partial charge on any atom is 0.227 e. The number of rotatable bonds is 5. The molecule has 0 spiro atoms. The van der Waals surface area contributed by atoms with E-state index in [-0.39, 0.29) is 11.7 Å². The van der Waals surface area contributed by atoms with Gasteiger partial charge in [0.1, 0.15) is 18.2 Å². The molecule has 5 nitrogen and oxygen atoms in total. The average molecular weight is 329 g/mol. The summed E-state index contributed by atoms with van der Waals surface area (Å²) in [5, 5.41) is 3.00. The monoisotopic (exact) mass is 329 g/mol. The summed E-state index contributed by atoms with van der Waals surface area (Å²) in [6.45, 7) is 1.24. The SMILES string of the molecule is CNCCOc1cncc(-c2cc3c(cc2F)N(C)C(=O)CC3)c1. The second kappa shape index (κ2) is 6.97. The molecule has 3 rings (SSSR count). The molecule has 0 unspecified atom stereocenters. The van der Waals surface area contributed by atoms with Gasteiger partial charge in [0.2, 0.25) is 5.91 Å². The van der Waals surface area contributed by atoms with Gasteiger partial charge >= 0.3 is 0 Å². The predicted octanol–water partition coefficient (Wildman–Crippen LogP) is 2.39. The number of hydrogen-bond acceptors (Lipinski definition) is 4. The van der Waals surface area contributed by atoms with Gasteiger partial charge in [-0.25, -0.2) is 4.39 Å². The third kappa shape index (κ3) is 3.23. The summed E-state index contributed by atoms with van der Waals surface area (Å²) in [7, 11) is 3.53. The molecule has 1 aromatic heterocycles. The largest absolute Gasteiger partial charge is 0.491 e. The minimum absolute atomic E-state index is 0.0104. The van der Waals surface area contributed by atoms with Crippen molar-refractivity contribution >= 4 is 11.6 Å². The Hall–Kier alpha value is -2.47. The van der Waals surface area contributed by atoms with Crippen LogP contribution in [0.5, 0.6) is 5.75 Å². The topological polar surface area (TPSA) is 54.5 Å². The Balaban J connectivity index is 1.93. The Labute approximate surface area is 140 Å². The van der Waals surface area contributed by atoms with E-state index < -0.39 is 0 Å². The molecule has 2 aromatic rings. The van der Waals surface area contributed by atoms with Crippen LogP contribution in [0.4, 0.5) is 10.1 Å². The third-order valence-corrected chi connectivity index (χ3v) is 4.16. The molecule has 0 fully saturated rings. The highest BCUT2D eigenvalue weighted by molar-refractivity contribution is 5.96. The molecule has 126 valence electrons. The van der Waals surface area contributed by atoms with Crippen molar-refractivity contribution in [3.63, 3.8) is 0 Å². The number of aryl methyl sites for hydroxylation is 1. The lowest BCUT2D eigenvalue weighted by Crippen LogP contribution is -2.31. The summed E-state index contributed by atoms with van der Waals surface area (Å²) in [5.41, 5.74) is 2.75. The number of anilines is 1. The molecule has 1 aliphatic rings. The maximum absolute atomic E-state index is 14.6. The van der Waals surface area contributed by atoms with Crippen molar-refractivity contribution in [1.29, 1.82) is 0 Å². The lowest BCUT2D eigenvalue weighted by molar-refractivity contribution is -0.118. The van der Waals surface area contributed by atoms with Gasteiger partial charge in [-0.05, 0) is 37.2 Å². The number of amides is 1. The van der Waals surface area contributed by atoms with Gasteiger partial charge in [0.05, 0.1) is 6.20 Å². The van der Waals surface area contributed by atoms with Gasteiger partial charge < -0.3 is 15.0 Å². The second-order valence-electron chi connectivity index (χ2n) is 5.77. The van der Waals surface area contributed by atoms with Gasteiger partial charge in [0, 0.05) is 43.0 Å². The molecule has 0 radical (unpaired) electrons.